The topological polar surface area (TPSA) is 15.7 Å². The van der Waals surface area contributed by atoms with Gasteiger partial charge in [-0.3, -0.25) is 4.90 Å². The Balaban J connectivity index is 1.41. The predicted octanol–water partition coefficient (Wildman–Crippen LogP) is 3.87. The van der Waals surface area contributed by atoms with Crippen molar-refractivity contribution in [2.45, 2.75) is 6.92 Å². The molecule has 0 aromatic heterocycles. The molecule has 0 spiro atoms. The van der Waals surface area contributed by atoms with E-state index in [2.05, 4.69) is 77.4 Å². The van der Waals surface area contributed by atoms with Gasteiger partial charge in [0.05, 0.1) is 0 Å². The molecule has 0 aliphatic carbocycles. The second-order valence-electron chi connectivity index (χ2n) is 6.44. The Kier molecular flexibility index (Phi) is 6.66. The van der Waals surface area contributed by atoms with E-state index in [4.69, 9.17) is 4.74 Å². The first-order valence-corrected chi connectivity index (χ1v) is 9.24. The van der Waals surface area contributed by atoms with Crippen LogP contribution in [0.5, 0.6) is 5.75 Å². The summed E-state index contributed by atoms with van der Waals surface area (Å²) in [7, 11) is 0. The zero-order valence-corrected chi connectivity index (χ0v) is 15.1. The van der Waals surface area contributed by atoms with Gasteiger partial charge in [-0.25, -0.2) is 0 Å². The molecule has 0 unspecified atom stereocenters. The van der Waals surface area contributed by atoms with E-state index in [1.54, 1.807) is 0 Å². The van der Waals surface area contributed by atoms with Crippen LogP contribution in [0.15, 0.2) is 54.6 Å². The van der Waals surface area contributed by atoms with E-state index >= 15 is 0 Å². The Labute approximate surface area is 151 Å². The fourth-order valence-electron chi connectivity index (χ4n) is 3.05. The molecule has 3 rings (SSSR count). The van der Waals surface area contributed by atoms with Gasteiger partial charge >= 0.3 is 0 Å². The summed E-state index contributed by atoms with van der Waals surface area (Å²) in [5.41, 5.74) is 2.40. The first-order valence-electron chi connectivity index (χ1n) is 9.24. The average molecular weight is 336 g/mol. The molecule has 0 bridgehead atoms. The molecule has 1 saturated heterocycles. The van der Waals surface area contributed by atoms with Crippen LogP contribution < -0.4 is 4.74 Å². The van der Waals surface area contributed by atoms with E-state index in [1.807, 2.05) is 6.07 Å². The van der Waals surface area contributed by atoms with Crippen molar-refractivity contribution in [2.24, 2.45) is 0 Å². The van der Waals surface area contributed by atoms with Gasteiger partial charge in [0.25, 0.3) is 0 Å². The molecule has 2 aromatic rings. The monoisotopic (exact) mass is 336 g/mol. The lowest BCUT2D eigenvalue weighted by Crippen LogP contribution is -2.47. The molecular formula is C22H28N2O. The number of nitrogens with zero attached hydrogens (tertiary/aromatic N) is 2. The van der Waals surface area contributed by atoms with E-state index in [9.17, 15) is 0 Å². The Morgan fingerprint density at radius 1 is 0.800 bits per heavy atom. The molecule has 0 atom stereocenters. The summed E-state index contributed by atoms with van der Waals surface area (Å²) in [6.45, 7) is 9.82. The maximum atomic E-state index is 5.90. The van der Waals surface area contributed by atoms with Crippen LogP contribution in [0.4, 0.5) is 0 Å². The summed E-state index contributed by atoms with van der Waals surface area (Å²) in [5, 5.41) is 0. The first kappa shape index (κ1) is 17.7. The Morgan fingerprint density at radius 2 is 1.40 bits per heavy atom. The van der Waals surface area contributed by atoms with Crippen LogP contribution in [0.1, 0.15) is 18.1 Å². The fraction of sp³-hybridized carbons (Fsp3) is 0.364. The normalized spacial score (nSPS) is 16.4. The van der Waals surface area contributed by atoms with Gasteiger partial charge < -0.3 is 9.64 Å². The van der Waals surface area contributed by atoms with Crippen molar-refractivity contribution in [1.29, 1.82) is 0 Å². The van der Waals surface area contributed by atoms with Crippen LogP contribution in [0, 0.1) is 0 Å². The lowest BCUT2D eigenvalue weighted by molar-refractivity contribution is 0.121. The minimum atomic E-state index is 0.755. The average Bonchev–Trinajstić information content (AvgIpc) is 2.69. The highest BCUT2D eigenvalue weighted by Gasteiger charge is 2.14. The van der Waals surface area contributed by atoms with Crippen molar-refractivity contribution >= 4 is 12.2 Å². The summed E-state index contributed by atoms with van der Waals surface area (Å²) in [6, 6.07) is 18.7. The molecule has 3 nitrogen and oxygen atoms in total. The number of rotatable bonds is 7. The Hall–Kier alpha value is -2.10. The highest BCUT2D eigenvalue weighted by atomic mass is 16.5. The number of benzene rings is 2. The van der Waals surface area contributed by atoms with Crippen molar-refractivity contribution in [2.75, 3.05) is 45.9 Å². The van der Waals surface area contributed by atoms with Crippen LogP contribution in [-0.4, -0.2) is 55.7 Å². The summed E-state index contributed by atoms with van der Waals surface area (Å²) in [6.07, 6.45) is 4.26. The van der Waals surface area contributed by atoms with Gasteiger partial charge in [-0.05, 0) is 29.8 Å². The van der Waals surface area contributed by atoms with Gasteiger partial charge in [-0.1, -0.05) is 61.5 Å². The van der Waals surface area contributed by atoms with Crippen molar-refractivity contribution in [3.05, 3.63) is 65.7 Å². The molecule has 0 radical (unpaired) electrons. The van der Waals surface area contributed by atoms with E-state index < -0.39 is 0 Å². The van der Waals surface area contributed by atoms with Crippen molar-refractivity contribution in [1.82, 2.24) is 9.80 Å². The second kappa shape index (κ2) is 9.40. The minimum Gasteiger partial charge on any atom is -0.492 e. The molecule has 1 aliphatic rings. The van der Waals surface area contributed by atoms with Gasteiger partial charge in [-0.15, -0.1) is 0 Å². The Bertz CT molecular complexity index is 643. The van der Waals surface area contributed by atoms with Gasteiger partial charge in [0, 0.05) is 32.7 Å². The van der Waals surface area contributed by atoms with Gasteiger partial charge in [0.2, 0.25) is 0 Å². The molecule has 3 heteroatoms. The fourth-order valence-corrected chi connectivity index (χ4v) is 3.05. The third-order valence-electron chi connectivity index (χ3n) is 4.74. The molecule has 25 heavy (non-hydrogen) atoms. The van der Waals surface area contributed by atoms with E-state index in [1.165, 1.54) is 24.2 Å². The smallest absolute Gasteiger partial charge is 0.119 e. The molecule has 2 aromatic carbocycles. The molecule has 0 saturated carbocycles. The van der Waals surface area contributed by atoms with Gasteiger partial charge in [0.15, 0.2) is 0 Å². The number of piperazine rings is 1. The largest absolute Gasteiger partial charge is 0.492 e. The van der Waals surface area contributed by atoms with Crippen LogP contribution in [-0.2, 0) is 0 Å². The number of hydrogen-bond acceptors (Lipinski definition) is 3. The van der Waals surface area contributed by atoms with E-state index in [-0.39, 0.29) is 0 Å². The zero-order chi connectivity index (χ0) is 17.3. The van der Waals surface area contributed by atoms with Crippen molar-refractivity contribution < 1.29 is 4.74 Å². The Morgan fingerprint density at radius 3 is 2.04 bits per heavy atom. The van der Waals surface area contributed by atoms with E-state index in [0.717, 1.165) is 38.5 Å². The first-order chi connectivity index (χ1) is 12.3. The summed E-state index contributed by atoms with van der Waals surface area (Å²) < 4.78 is 5.90. The summed E-state index contributed by atoms with van der Waals surface area (Å²) in [5.74, 6) is 0.948. The highest BCUT2D eigenvalue weighted by molar-refractivity contribution is 5.69. The molecule has 0 amide bonds. The summed E-state index contributed by atoms with van der Waals surface area (Å²) >= 11 is 0. The third-order valence-corrected chi connectivity index (χ3v) is 4.74. The lowest BCUT2D eigenvalue weighted by Gasteiger charge is -2.33. The zero-order valence-electron chi connectivity index (χ0n) is 15.1. The highest BCUT2D eigenvalue weighted by Crippen LogP contribution is 2.15. The summed E-state index contributed by atoms with van der Waals surface area (Å²) in [4.78, 5) is 4.99. The number of likely N-dealkylation sites (N-methyl/N-ethyl adjacent to an activating group) is 1. The third kappa shape index (κ3) is 5.73. The lowest BCUT2D eigenvalue weighted by atomic mass is 10.1. The molecule has 1 aliphatic heterocycles. The quantitative estimate of drug-likeness (QED) is 0.714. The second-order valence-corrected chi connectivity index (χ2v) is 6.44. The van der Waals surface area contributed by atoms with E-state index in [0.29, 0.717) is 0 Å². The van der Waals surface area contributed by atoms with Crippen LogP contribution in [0.3, 0.4) is 0 Å². The van der Waals surface area contributed by atoms with Crippen molar-refractivity contribution in [3.8, 4) is 5.75 Å². The minimum absolute atomic E-state index is 0.755. The standard InChI is InChI=1S/C22H28N2O/c1-2-23-14-16-24(17-15-23)18-19-25-22-12-10-21(11-13-22)9-8-20-6-4-3-5-7-20/h3-13H,2,14-19H2,1H3/b9-8+. The van der Waals surface area contributed by atoms with Crippen LogP contribution in [0.2, 0.25) is 0 Å². The van der Waals surface area contributed by atoms with Gasteiger partial charge in [-0.2, -0.15) is 0 Å². The molecule has 0 N–H and O–H groups in total. The maximum Gasteiger partial charge on any atom is 0.119 e. The number of ether oxygens (including phenoxy) is 1. The predicted molar refractivity (Wildman–Crippen MR) is 106 cm³/mol. The number of hydrogen-bond donors (Lipinski definition) is 0. The van der Waals surface area contributed by atoms with Gasteiger partial charge in [0.1, 0.15) is 12.4 Å². The molecule has 132 valence electrons. The van der Waals surface area contributed by atoms with Crippen LogP contribution >= 0.6 is 0 Å². The maximum absolute atomic E-state index is 5.90. The SMILES string of the molecule is CCN1CCN(CCOc2ccc(/C=C/c3ccccc3)cc2)CC1. The van der Waals surface area contributed by atoms with Crippen molar-refractivity contribution in [3.63, 3.8) is 0 Å². The van der Waals surface area contributed by atoms with Crippen LogP contribution in [0.25, 0.3) is 12.2 Å². The molecule has 1 heterocycles. The molecular weight excluding hydrogens is 308 g/mol. The molecule has 1 fully saturated rings.